The third-order valence-corrected chi connectivity index (χ3v) is 3.15. The molecular weight excluding hydrogens is 280 g/mol. The normalized spacial score (nSPS) is 10.1. The van der Waals surface area contributed by atoms with Gasteiger partial charge in [-0.25, -0.2) is 0 Å². The Labute approximate surface area is 131 Å². The highest BCUT2D eigenvalue weighted by molar-refractivity contribution is 5.91. The van der Waals surface area contributed by atoms with Gasteiger partial charge in [-0.05, 0) is 32.3 Å². The van der Waals surface area contributed by atoms with Crippen molar-refractivity contribution in [1.29, 1.82) is 5.26 Å². The number of nitrogens with one attached hydrogen (secondary N) is 1. The first kappa shape index (κ1) is 17.7. The first-order valence-electron chi connectivity index (χ1n) is 7.12. The average molecular weight is 302 g/mol. The van der Waals surface area contributed by atoms with Gasteiger partial charge in [0.25, 0.3) is 0 Å². The Kier molecular flexibility index (Phi) is 7.06. The van der Waals surface area contributed by atoms with Gasteiger partial charge in [-0.2, -0.15) is 5.26 Å². The van der Waals surface area contributed by atoms with E-state index in [1.165, 1.54) is 6.92 Å². The Balaban J connectivity index is 2.49. The summed E-state index contributed by atoms with van der Waals surface area (Å²) in [4.78, 5) is 27.1. The predicted octanol–water partition coefficient (Wildman–Crippen LogP) is 1.30. The van der Waals surface area contributed by atoms with Crippen molar-refractivity contribution in [3.8, 4) is 6.07 Å². The average Bonchev–Trinajstić information content (AvgIpc) is 2.46. The minimum atomic E-state index is -0.175. The molecule has 0 aliphatic heterocycles. The van der Waals surface area contributed by atoms with Crippen LogP contribution in [0.1, 0.15) is 18.9 Å². The van der Waals surface area contributed by atoms with E-state index in [4.69, 9.17) is 5.26 Å². The van der Waals surface area contributed by atoms with E-state index in [-0.39, 0.29) is 18.2 Å². The number of hydrogen-bond acceptors (Lipinski definition) is 4. The van der Waals surface area contributed by atoms with Gasteiger partial charge in [-0.15, -0.1) is 0 Å². The number of hydrogen-bond donors (Lipinski definition) is 1. The van der Waals surface area contributed by atoms with Gasteiger partial charge in [-0.1, -0.05) is 6.07 Å². The highest BCUT2D eigenvalue weighted by atomic mass is 16.2. The van der Waals surface area contributed by atoms with Gasteiger partial charge in [0.15, 0.2) is 0 Å². The van der Waals surface area contributed by atoms with E-state index < -0.39 is 0 Å². The van der Waals surface area contributed by atoms with Gasteiger partial charge >= 0.3 is 0 Å². The van der Waals surface area contributed by atoms with Crippen LogP contribution in [0.15, 0.2) is 24.3 Å². The topological polar surface area (TPSA) is 76.4 Å². The monoisotopic (exact) mass is 302 g/mol. The largest absolute Gasteiger partial charge is 0.341 e. The summed E-state index contributed by atoms with van der Waals surface area (Å²) in [7, 11) is 3.88. The van der Waals surface area contributed by atoms with Crippen LogP contribution >= 0.6 is 0 Å². The molecule has 6 nitrogen and oxygen atoms in total. The first-order valence-corrected chi connectivity index (χ1v) is 7.12. The van der Waals surface area contributed by atoms with E-state index in [0.29, 0.717) is 24.3 Å². The maximum Gasteiger partial charge on any atom is 0.226 e. The fraction of sp³-hybridized carbons (Fsp3) is 0.438. The van der Waals surface area contributed by atoms with Crippen molar-refractivity contribution in [3.63, 3.8) is 0 Å². The molecule has 2 amide bonds. The lowest BCUT2D eigenvalue weighted by Crippen LogP contribution is -2.37. The molecule has 0 atom stereocenters. The van der Waals surface area contributed by atoms with Gasteiger partial charge < -0.3 is 15.1 Å². The van der Waals surface area contributed by atoms with Gasteiger partial charge in [0.1, 0.15) is 0 Å². The molecule has 0 fully saturated rings. The molecular formula is C16H22N4O2. The van der Waals surface area contributed by atoms with Crippen molar-refractivity contribution < 1.29 is 9.59 Å². The van der Waals surface area contributed by atoms with Crippen LogP contribution in [0, 0.1) is 11.3 Å². The molecule has 1 aromatic rings. The highest BCUT2D eigenvalue weighted by Crippen LogP contribution is 2.10. The Morgan fingerprint density at radius 1 is 1.23 bits per heavy atom. The second-order valence-electron chi connectivity index (χ2n) is 5.30. The molecule has 0 heterocycles. The lowest BCUT2D eigenvalue weighted by atomic mass is 10.2. The number of amides is 2. The maximum atomic E-state index is 11.9. The summed E-state index contributed by atoms with van der Waals surface area (Å²) in [6, 6.07) is 8.76. The van der Waals surface area contributed by atoms with Crippen LogP contribution < -0.4 is 5.32 Å². The molecule has 1 N–H and O–H groups in total. The van der Waals surface area contributed by atoms with Crippen LogP contribution in [0.25, 0.3) is 0 Å². The van der Waals surface area contributed by atoms with Crippen LogP contribution in [-0.4, -0.2) is 55.3 Å². The molecule has 0 bridgehead atoms. The fourth-order valence-electron chi connectivity index (χ4n) is 1.87. The van der Waals surface area contributed by atoms with E-state index in [1.807, 2.05) is 25.1 Å². The van der Waals surface area contributed by atoms with Crippen LogP contribution in [0.4, 0.5) is 5.69 Å². The Morgan fingerprint density at radius 2 is 1.95 bits per heavy atom. The number of nitrogens with zero attached hydrogens (tertiary/aromatic N) is 3. The van der Waals surface area contributed by atoms with Crippen LogP contribution in [0.3, 0.4) is 0 Å². The second kappa shape index (κ2) is 8.80. The van der Waals surface area contributed by atoms with Crippen molar-refractivity contribution in [1.82, 2.24) is 9.80 Å². The smallest absolute Gasteiger partial charge is 0.226 e. The summed E-state index contributed by atoms with van der Waals surface area (Å²) >= 11 is 0. The Bertz CT molecular complexity index is 564. The van der Waals surface area contributed by atoms with E-state index in [1.54, 1.807) is 29.2 Å². The third kappa shape index (κ3) is 6.37. The summed E-state index contributed by atoms with van der Waals surface area (Å²) in [6.07, 6.45) is 0.226. The Morgan fingerprint density at radius 3 is 2.55 bits per heavy atom. The summed E-state index contributed by atoms with van der Waals surface area (Å²) in [6.45, 7) is 3.24. The first-order chi connectivity index (χ1) is 10.4. The van der Waals surface area contributed by atoms with E-state index in [0.717, 1.165) is 6.54 Å². The van der Waals surface area contributed by atoms with Crippen LogP contribution in [0.2, 0.25) is 0 Å². The lowest BCUT2D eigenvalue weighted by molar-refractivity contribution is -0.129. The number of nitriles is 1. The number of benzene rings is 1. The van der Waals surface area contributed by atoms with E-state index in [9.17, 15) is 9.59 Å². The number of anilines is 1. The predicted molar refractivity (Wildman–Crippen MR) is 85.2 cm³/mol. The minimum absolute atomic E-state index is 0.0406. The van der Waals surface area contributed by atoms with Crippen molar-refractivity contribution in [3.05, 3.63) is 29.8 Å². The molecule has 0 aliphatic carbocycles. The molecule has 0 spiro atoms. The summed E-state index contributed by atoms with van der Waals surface area (Å²) in [5, 5.41) is 11.6. The molecule has 0 unspecified atom stereocenters. The summed E-state index contributed by atoms with van der Waals surface area (Å²) in [5.74, 6) is -0.215. The number of carbonyl (C=O) groups excluding carboxylic acids is 2. The summed E-state index contributed by atoms with van der Waals surface area (Å²) < 4.78 is 0. The van der Waals surface area contributed by atoms with Gasteiger partial charge in [0, 0.05) is 38.7 Å². The van der Waals surface area contributed by atoms with Crippen LogP contribution in [-0.2, 0) is 9.59 Å². The zero-order valence-corrected chi connectivity index (χ0v) is 13.3. The third-order valence-electron chi connectivity index (χ3n) is 3.15. The molecule has 0 aromatic heterocycles. The standard InChI is InChI=1S/C16H22N4O2/c1-13(21)20(10-9-19(2)3)8-7-16(22)18-15-6-4-5-14(11-15)12-17/h4-6,11H,7-10H2,1-3H3,(H,18,22). The van der Waals surface area contributed by atoms with Crippen molar-refractivity contribution in [2.24, 2.45) is 0 Å². The second-order valence-corrected chi connectivity index (χ2v) is 5.30. The maximum absolute atomic E-state index is 11.9. The number of carbonyl (C=O) groups is 2. The molecule has 118 valence electrons. The highest BCUT2D eigenvalue weighted by Gasteiger charge is 2.11. The van der Waals surface area contributed by atoms with Gasteiger partial charge in [-0.3, -0.25) is 9.59 Å². The lowest BCUT2D eigenvalue weighted by Gasteiger charge is -2.22. The molecule has 0 radical (unpaired) electrons. The molecule has 0 aliphatic rings. The molecule has 6 heteroatoms. The molecule has 0 saturated carbocycles. The fourth-order valence-corrected chi connectivity index (χ4v) is 1.87. The van der Waals surface area contributed by atoms with E-state index >= 15 is 0 Å². The van der Waals surface area contributed by atoms with Gasteiger partial charge in [0.05, 0.1) is 11.6 Å². The Hall–Kier alpha value is -2.39. The van der Waals surface area contributed by atoms with Gasteiger partial charge in [0.2, 0.25) is 11.8 Å². The molecule has 22 heavy (non-hydrogen) atoms. The molecule has 1 rings (SSSR count). The minimum Gasteiger partial charge on any atom is -0.341 e. The number of likely N-dealkylation sites (N-methyl/N-ethyl adjacent to an activating group) is 1. The molecule has 1 aromatic carbocycles. The van der Waals surface area contributed by atoms with Crippen molar-refractivity contribution in [2.75, 3.05) is 39.0 Å². The zero-order chi connectivity index (χ0) is 16.5. The number of rotatable bonds is 7. The van der Waals surface area contributed by atoms with E-state index in [2.05, 4.69) is 5.32 Å². The van der Waals surface area contributed by atoms with Crippen molar-refractivity contribution >= 4 is 17.5 Å². The van der Waals surface area contributed by atoms with Crippen LogP contribution in [0.5, 0.6) is 0 Å². The SMILES string of the molecule is CC(=O)N(CCC(=O)Nc1cccc(C#N)c1)CCN(C)C. The zero-order valence-electron chi connectivity index (χ0n) is 13.3. The van der Waals surface area contributed by atoms with Crippen molar-refractivity contribution in [2.45, 2.75) is 13.3 Å². The molecule has 0 saturated heterocycles. The quantitative estimate of drug-likeness (QED) is 0.823. The summed E-state index contributed by atoms with van der Waals surface area (Å²) in [5.41, 5.74) is 1.08.